The predicted molar refractivity (Wildman–Crippen MR) is 69.2 cm³/mol. The maximum atomic E-state index is 5.39. The molecule has 1 saturated carbocycles. The average molecular weight is 252 g/mol. The molecule has 7 nitrogen and oxygen atoms in total. The first-order valence-corrected chi connectivity index (χ1v) is 6.33. The van der Waals surface area contributed by atoms with E-state index in [4.69, 9.17) is 10.6 Å². The highest BCUT2D eigenvalue weighted by Crippen LogP contribution is 2.28. The van der Waals surface area contributed by atoms with Crippen molar-refractivity contribution in [1.82, 2.24) is 15.0 Å². The number of nitrogen functional groups attached to an aromatic ring is 1. The van der Waals surface area contributed by atoms with Crippen LogP contribution in [0.15, 0.2) is 0 Å². The molecular weight excluding hydrogens is 232 g/mol. The van der Waals surface area contributed by atoms with Crippen molar-refractivity contribution in [3.8, 4) is 6.01 Å². The molecule has 1 fully saturated rings. The highest BCUT2D eigenvalue weighted by atomic mass is 16.5. The zero-order chi connectivity index (χ0) is 13.0. The van der Waals surface area contributed by atoms with Crippen LogP contribution in [0, 0.1) is 5.92 Å². The van der Waals surface area contributed by atoms with Crippen LogP contribution in [0.5, 0.6) is 6.01 Å². The van der Waals surface area contributed by atoms with Crippen molar-refractivity contribution in [2.75, 3.05) is 17.3 Å². The third-order valence-corrected chi connectivity index (χ3v) is 2.89. The van der Waals surface area contributed by atoms with E-state index in [0.29, 0.717) is 30.6 Å². The van der Waals surface area contributed by atoms with Crippen LogP contribution in [0.2, 0.25) is 0 Å². The van der Waals surface area contributed by atoms with Gasteiger partial charge in [-0.05, 0) is 25.2 Å². The minimum absolute atomic E-state index is 0.301. The summed E-state index contributed by atoms with van der Waals surface area (Å²) in [6.07, 6.45) is 3.18. The normalized spacial score (nSPS) is 22.2. The van der Waals surface area contributed by atoms with E-state index in [1.54, 1.807) is 0 Å². The van der Waals surface area contributed by atoms with Gasteiger partial charge in [0, 0.05) is 6.04 Å². The smallest absolute Gasteiger partial charge is 0.323 e. The van der Waals surface area contributed by atoms with Crippen LogP contribution in [0.1, 0.15) is 33.1 Å². The number of aromatic nitrogens is 3. The summed E-state index contributed by atoms with van der Waals surface area (Å²) in [7, 11) is 0. The molecule has 0 amide bonds. The third kappa shape index (κ3) is 3.19. The molecule has 4 N–H and O–H groups in total. The molecular formula is C11H20N6O. The van der Waals surface area contributed by atoms with E-state index >= 15 is 0 Å². The Bertz CT molecular complexity index is 393. The number of ether oxygens (including phenoxy) is 1. The Labute approximate surface area is 107 Å². The zero-order valence-electron chi connectivity index (χ0n) is 10.8. The van der Waals surface area contributed by atoms with Gasteiger partial charge in [0.25, 0.3) is 0 Å². The number of rotatable bonds is 6. The van der Waals surface area contributed by atoms with E-state index in [9.17, 15) is 0 Å². The Morgan fingerprint density at radius 2 is 2.00 bits per heavy atom. The molecule has 7 heteroatoms. The molecule has 0 atom stereocenters. The predicted octanol–water partition coefficient (Wildman–Crippen LogP) is 1.16. The fourth-order valence-electron chi connectivity index (χ4n) is 1.95. The molecule has 0 spiro atoms. The van der Waals surface area contributed by atoms with E-state index in [-0.39, 0.29) is 0 Å². The van der Waals surface area contributed by atoms with E-state index in [1.807, 2.05) is 6.92 Å². The lowest BCUT2D eigenvalue weighted by Gasteiger charge is -2.33. The van der Waals surface area contributed by atoms with Gasteiger partial charge in [0.05, 0.1) is 6.61 Å². The minimum Gasteiger partial charge on any atom is -0.463 e. The number of hydrazine groups is 1. The molecule has 18 heavy (non-hydrogen) atoms. The number of nitrogens with two attached hydrogens (primary N) is 1. The van der Waals surface area contributed by atoms with Gasteiger partial charge in [0.15, 0.2) is 0 Å². The lowest BCUT2D eigenvalue weighted by atomic mass is 9.82. The SMILES string of the molecule is CCCOc1nc(NN)nc(NC2CC(C)C2)n1. The monoisotopic (exact) mass is 252 g/mol. The maximum Gasteiger partial charge on any atom is 0.323 e. The lowest BCUT2D eigenvalue weighted by molar-refractivity contribution is 0.289. The number of hydrogen-bond acceptors (Lipinski definition) is 7. The molecule has 1 aromatic rings. The molecule has 0 aliphatic heterocycles. The van der Waals surface area contributed by atoms with Gasteiger partial charge in [0.2, 0.25) is 11.9 Å². The van der Waals surface area contributed by atoms with Crippen LogP contribution in [-0.4, -0.2) is 27.6 Å². The molecule has 2 rings (SSSR count). The highest BCUT2D eigenvalue weighted by molar-refractivity contribution is 5.36. The van der Waals surface area contributed by atoms with Crippen LogP contribution in [0.3, 0.4) is 0 Å². The van der Waals surface area contributed by atoms with Crippen molar-refractivity contribution in [3.05, 3.63) is 0 Å². The highest BCUT2D eigenvalue weighted by Gasteiger charge is 2.26. The number of nitrogens with one attached hydrogen (secondary N) is 2. The van der Waals surface area contributed by atoms with Crippen LogP contribution >= 0.6 is 0 Å². The summed E-state index contributed by atoms with van der Waals surface area (Å²) in [5.41, 5.74) is 2.42. The van der Waals surface area contributed by atoms with E-state index in [1.165, 1.54) is 0 Å². The Hall–Kier alpha value is -1.63. The molecule has 0 saturated heterocycles. The largest absolute Gasteiger partial charge is 0.463 e. The Balaban J connectivity index is 2.03. The Morgan fingerprint density at radius 1 is 1.28 bits per heavy atom. The van der Waals surface area contributed by atoms with E-state index < -0.39 is 0 Å². The van der Waals surface area contributed by atoms with Crippen molar-refractivity contribution in [2.45, 2.75) is 39.2 Å². The summed E-state index contributed by atoms with van der Waals surface area (Å²) in [5.74, 6) is 6.93. The van der Waals surface area contributed by atoms with Crippen molar-refractivity contribution in [2.24, 2.45) is 11.8 Å². The topological polar surface area (TPSA) is 98.0 Å². The van der Waals surface area contributed by atoms with Crippen molar-refractivity contribution in [3.63, 3.8) is 0 Å². The first kappa shape index (κ1) is 12.8. The number of nitrogens with zero attached hydrogens (tertiary/aromatic N) is 3. The van der Waals surface area contributed by atoms with Crippen molar-refractivity contribution < 1.29 is 4.74 Å². The summed E-state index contributed by atoms with van der Waals surface area (Å²) in [6, 6.07) is 0.738. The van der Waals surface area contributed by atoms with Crippen LogP contribution in [-0.2, 0) is 0 Å². The molecule has 1 aromatic heterocycles. The van der Waals surface area contributed by atoms with E-state index in [2.05, 4.69) is 32.6 Å². The third-order valence-electron chi connectivity index (χ3n) is 2.89. The summed E-state index contributed by atoms with van der Waals surface area (Å²) < 4.78 is 5.39. The minimum atomic E-state index is 0.301. The van der Waals surface area contributed by atoms with Gasteiger partial charge in [-0.3, -0.25) is 5.43 Å². The van der Waals surface area contributed by atoms with E-state index in [0.717, 1.165) is 25.2 Å². The van der Waals surface area contributed by atoms with Crippen molar-refractivity contribution >= 4 is 11.9 Å². The standard InChI is InChI=1S/C11H20N6O/c1-3-4-18-11-15-9(14-10(16-11)17-12)13-8-5-7(2)6-8/h7-8H,3-6,12H2,1-2H3,(H2,13,14,15,16,17). The second-order valence-corrected chi connectivity index (χ2v) is 4.68. The number of anilines is 2. The molecule has 0 unspecified atom stereocenters. The summed E-state index contributed by atoms with van der Waals surface area (Å²) in [6.45, 7) is 4.83. The molecule has 1 aliphatic rings. The lowest BCUT2D eigenvalue weighted by Crippen LogP contribution is -2.34. The summed E-state index contributed by atoms with van der Waals surface area (Å²) in [5, 5.41) is 3.26. The molecule has 0 aromatic carbocycles. The Morgan fingerprint density at radius 3 is 2.61 bits per heavy atom. The van der Waals surface area contributed by atoms with Gasteiger partial charge in [-0.1, -0.05) is 13.8 Å². The fraction of sp³-hybridized carbons (Fsp3) is 0.727. The van der Waals surface area contributed by atoms with Crippen LogP contribution in [0.25, 0.3) is 0 Å². The average Bonchev–Trinajstić information content (AvgIpc) is 2.34. The second kappa shape index (κ2) is 5.81. The van der Waals surface area contributed by atoms with Gasteiger partial charge in [-0.25, -0.2) is 5.84 Å². The quantitative estimate of drug-likeness (QED) is 0.516. The molecule has 100 valence electrons. The second-order valence-electron chi connectivity index (χ2n) is 4.68. The first-order valence-electron chi connectivity index (χ1n) is 6.33. The van der Waals surface area contributed by atoms with Gasteiger partial charge < -0.3 is 10.1 Å². The van der Waals surface area contributed by atoms with Crippen LogP contribution in [0.4, 0.5) is 11.9 Å². The number of hydrogen-bond donors (Lipinski definition) is 3. The first-order chi connectivity index (χ1) is 8.71. The summed E-state index contributed by atoms with van der Waals surface area (Å²) >= 11 is 0. The maximum absolute atomic E-state index is 5.39. The zero-order valence-corrected chi connectivity index (χ0v) is 10.8. The van der Waals surface area contributed by atoms with Gasteiger partial charge >= 0.3 is 6.01 Å². The van der Waals surface area contributed by atoms with Gasteiger partial charge in [-0.15, -0.1) is 0 Å². The van der Waals surface area contributed by atoms with Gasteiger partial charge in [-0.2, -0.15) is 15.0 Å². The van der Waals surface area contributed by atoms with Gasteiger partial charge in [0.1, 0.15) is 0 Å². The molecule has 1 aliphatic carbocycles. The summed E-state index contributed by atoms with van der Waals surface area (Å²) in [4.78, 5) is 12.4. The Kier molecular flexibility index (Phi) is 4.14. The molecule has 0 radical (unpaired) electrons. The molecule has 0 bridgehead atoms. The molecule has 1 heterocycles. The van der Waals surface area contributed by atoms with Crippen molar-refractivity contribution in [1.29, 1.82) is 0 Å². The fourth-order valence-corrected chi connectivity index (χ4v) is 1.95. The van der Waals surface area contributed by atoms with Crippen LogP contribution < -0.4 is 21.3 Å².